The van der Waals surface area contributed by atoms with Crippen molar-refractivity contribution in [2.75, 3.05) is 6.61 Å². The number of aromatic nitrogens is 1. The number of hydrogen-bond donors (Lipinski definition) is 1. The highest BCUT2D eigenvalue weighted by Crippen LogP contribution is 2.20. The Morgan fingerprint density at radius 1 is 1.38 bits per heavy atom. The fourth-order valence-corrected chi connectivity index (χ4v) is 2.60. The molecule has 0 unspecified atom stereocenters. The zero-order chi connectivity index (χ0) is 15.3. The molecular formula is C16H21ClN2OS. The number of ether oxygens (including phenoxy) is 1. The van der Waals surface area contributed by atoms with Crippen LogP contribution in [0.5, 0.6) is 5.88 Å². The van der Waals surface area contributed by atoms with E-state index < -0.39 is 0 Å². The average Bonchev–Trinajstić information content (AvgIpc) is 2.91. The van der Waals surface area contributed by atoms with E-state index in [1.165, 1.54) is 4.88 Å². The zero-order valence-corrected chi connectivity index (χ0v) is 14.2. The van der Waals surface area contributed by atoms with Crippen LogP contribution < -0.4 is 10.1 Å². The van der Waals surface area contributed by atoms with Gasteiger partial charge in [-0.3, -0.25) is 0 Å². The van der Waals surface area contributed by atoms with Crippen molar-refractivity contribution < 1.29 is 4.74 Å². The number of rotatable bonds is 6. The van der Waals surface area contributed by atoms with E-state index in [4.69, 9.17) is 16.3 Å². The fraction of sp³-hybridized carbons (Fsp3) is 0.438. The lowest BCUT2D eigenvalue weighted by molar-refractivity contribution is 0.310. The molecule has 0 aromatic carbocycles. The average molecular weight is 325 g/mol. The molecule has 0 fully saturated rings. The molecule has 2 heterocycles. The topological polar surface area (TPSA) is 34.1 Å². The molecule has 5 heteroatoms. The largest absolute Gasteiger partial charge is 0.477 e. The summed E-state index contributed by atoms with van der Waals surface area (Å²) in [5.74, 6) is 0.627. The van der Waals surface area contributed by atoms with Gasteiger partial charge in [0.15, 0.2) is 0 Å². The van der Waals surface area contributed by atoms with E-state index in [0.29, 0.717) is 24.1 Å². The minimum atomic E-state index is 0.0484. The highest BCUT2D eigenvalue weighted by molar-refractivity contribution is 7.09. The molecule has 0 saturated carbocycles. The number of nitrogens with zero attached hydrogens (tertiary/aromatic N) is 1. The van der Waals surface area contributed by atoms with Crippen LogP contribution in [0.3, 0.4) is 0 Å². The van der Waals surface area contributed by atoms with Gasteiger partial charge in [0.05, 0.1) is 11.6 Å². The van der Waals surface area contributed by atoms with Gasteiger partial charge in [0.2, 0.25) is 5.88 Å². The Kier molecular flexibility index (Phi) is 5.62. The van der Waals surface area contributed by atoms with Crippen LogP contribution in [0.4, 0.5) is 0 Å². The lowest BCUT2D eigenvalue weighted by Crippen LogP contribution is -2.35. The van der Waals surface area contributed by atoms with E-state index >= 15 is 0 Å². The van der Waals surface area contributed by atoms with Crippen LogP contribution in [0.2, 0.25) is 5.02 Å². The highest BCUT2D eigenvalue weighted by Gasteiger charge is 2.11. The normalized spacial score (nSPS) is 11.6. The molecule has 0 aliphatic rings. The van der Waals surface area contributed by atoms with Crippen LogP contribution in [0, 0.1) is 0 Å². The van der Waals surface area contributed by atoms with Gasteiger partial charge in [-0.15, -0.1) is 11.3 Å². The third kappa shape index (κ3) is 5.65. The first-order valence-corrected chi connectivity index (χ1v) is 8.24. The molecule has 0 aliphatic heterocycles. The second-order valence-electron chi connectivity index (χ2n) is 5.90. The van der Waals surface area contributed by atoms with E-state index in [9.17, 15) is 0 Å². The first-order chi connectivity index (χ1) is 9.94. The number of nitrogens with one attached hydrogen (secondary N) is 1. The van der Waals surface area contributed by atoms with Gasteiger partial charge in [0.1, 0.15) is 0 Å². The Morgan fingerprint density at radius 3 is 2.86 bits per heavy atom. The summed E-state index contributed by atoms with van der Waals surface area (Å²) in [7, 11) is 0. The Hall–Kier alpha value is -1.10. The molecule has 1 N–H and O–H groups in total. The molecule has 2 aromatic heterocycles. The van der Waals surface area contributed by atoms with Gasteiger partial charge in [0.25, 0.3) is 0 Å². The van der Waals surface area contributed by atoms with E-state index in [2.05, 4.69) is 48.6 Å². The number of thiophene rings is 1. The van der Waals surface area contributed by atoms with Crippen LogP contribution in [-0.2, 0) is 13.0 Å². The van der Waals surface area contributed by atoms with Gasteiger partial charge in [0, 0.05) is 35.6 Å². The van der Waals surface area contributed by atoms with Crippen LogP contribution in [0.15, 0.2) is 29.8 Å². The lowest BCUT2D eigenvalue weighted by Gasteiger charge is -2.21. The summed E-state index contributed by atoms with van der Waals surface area (Å²) in [6, 6.07) is 6.08. The van der Waals surface area contributed by atoms with Gasteiger partial charge in [-0.2, -0.15) is 0 Å². The first kappa shape index (κ1) is 16.3. The van der Waals surface area contributed by atoms with Gasteiger partial charge < -0.3 is 10.1 Å². The standard InChI is InChI=1S/C16H21ClN2OS/c1-16(2,3)19-10-12-9-15(18-11-14(12)17)20-7-6-13-5-4-8-21-13/h4-5,8-9,11,19H,6-7,10H2,1-3H3. The minimum absolute atomic E-state index is 0.0484. The molecule has 114 valence electrons. The summed E-state index contributed by atoms with van der Waals surface area (Å²) in [6.45, 7) is 7.70. The lowest BCUT2D eigenvalue weighted by atomic mass is 10.1. The van der Waals surface area contributed by atoms with Crippen molar-refractivity contribution in [2.24, 2.45) is 0 Å². The zero-order valence-electron chi connectivity index (χ0n) is 12.6. The third-order valence-corrected chi connectivity index (χ3v) is 4.17. The first-order valence-electron chi connectivity index (χ1n) is 6.99. The van der Waals surface area contributed by atoms with Crippen LogP contribution >= 0.6 is 22.9 Å². The Morgan fingerprint density at radius 2 is 2.19 bits per heavy atom. The molecule has 0 bridgehead atoms. The molecule has 2 aromatic rings. The number of halogens is 1. The van der Waals surface area contributed by atoms with E-state index in [0.717, 1.165) is 12.0 Å². The Labute approximate surface area is 135 Å². The summed E-state index contributed by atoms with van der Waals surface area (Å²) in [6.07, 6.45) is 2.55. The summed E-state index contributed by atoms with van der Waals surface area (Å²) in [5, 5.41) is 6.16. The molecule has 0 radical (unpaired) electrons. The molecule has 3 nitrogen and oxygen atoms in total. The van der Waals surface area contributed by atoms with Crippen LogP contribution in [-0.4, -0.2) is 17.1 Å². The van der Waals surface area contributed by atoms with Crippen molar-refractivity contribution in [1.29, 1.82) is 0 Å². The monoisotopic (exact) mass is 324 g/mol. The van der Waals surface area contributed by atoms with Crippen molar-refractivity contribution in [2.45, 2.75) is 39.3 Å². The third-order valence-electron chi connectivity index (χ3n) is 2.90. The summed E-state index contributed by atoms with van der Waals surface area (Å²) in [5.41, 5.74) is 1.06. The Bertz CT molecular complexity index is 564. The molecule has 0 aliphatic carbocycles. The Balaban J connectivity index is 1.91. The predicted molar refractivity (Wildman–Crippen MR) is 89.4 cm³/mol. The molecule has 2 rings (SSSR count). The molecule has 21 heavy (non-hydrogen) atoms. The van der Waals surface area contributed by atoms with Gasteiger partial charge in [-0.05, 0) is 37.8 Å². The maximum absolute atomic E-state index is 6.18. The molecule has 0 atom stereocenters. The van der Waals surface area contributed by atoms with Crippen molar-refractivity contribution >= 4 is 22.9 Å². The summed E-state index contributed by atoms with van der Waals surface area (Å²) in [4.78, 5) is 5.54. The SMILES string of the molecule is CC(C)(C)NCc1cc(OCCc2cccs2)ncc1Cl. The fourth-order valence-electron chi connectivity index (χ4n) is 1.74. The predicted octanol–water partition coefficient (Wildman–Crippen LogP) is 4.31. The number of pyridine rings is 1. The van der Waals surface area contributed by atoms with E-state index in [1.54, 1.807) is 17.5 Å². The highest BCUT2D eigenvalue weighted by atomic mass is 35.5. The molecule has 0 saturated heterocycles. The maximum atomic E-state index is 6.18. The van der Waals surface area contributed by atoms with Crippen molar-refractivity contribution in [3.8, 4) is 5.88 Å². The second-order valence-corrected chi connectivity index (χ2v) is 7.33. The van der Waals surface area contributed by atoms with Crippen molar-refractivity contribution in [1.82, 2.24) is 10.3 Å². The quantitative estimate of drug-likeness (QED) is 0.860. The minimum Gasteiger partial charge on any atom is -0.477 e. The second kappa shape index (κ2) is 7.25. The van der Waals surface area contributed by atoms with Gasteiger partial charge in [-0.25, -0.2) is 4.98 Å². The molecular weight excluding hydrogens is 304 g/mol. The summed E-state index contributed by atoms with van der Waals surface area (Å²) < 4.78 is 5.72. The van der Waals surface area contributed by atoms with Crippen LogP contribution in [0.25, 0.3) is 0 Å². The van der Waals surface area contributed by atoms with E-state index in [1.807, 2.05) is 6.07 Å². The van der Waals surface area contributed by atoms with Crippen molar-refractivity contribution in [3.63, 3.8) is 0 Å². The molecule has 0 amide bonds. The van der Waals surface area contributed by atoms with Crippen LogP contribution in [0.1, 0.15) is 31.2 Å². The molecule has 0 spiro atoms. The van der Waals surface area contributed by atoms with Gasteiger partial charge >= 0.3 is 0 Å². The van der Waals surface area contributed by atoms with E-state index in [-0.39, 0.29) is 5.54 Å². The smallest absolute Gasteiger partial charge is 0.213 e. The number of hydrogen-bond acceptors (Lipinski definition) is 4. The van der Waals surface area contributed by atoms with Gasteiger partial charge in [-0.1, -0.05) is 17.7 Å². The van der Waals surface area contributed by atoms with Crippen molar-refractivity contribution in [3.05, 3.63) is 45.2 Å². The maximum Gasteiger partial charge on any atom is 0.213 e. The summed E-state index contributed by atoms with van der Waals surface area (Å²) >= 11 is 7.93.